The van der Waals surface area contributed by atoms with E-state index in [0.717, 1.165) is 58.2 Å². The van der Waals surface area contributed by atoms with Crippen LogP contribution in [0.15, 0.2) is 16.7 Å². The maximum absolute atomic E-state index is 12.8. The van der Waals surface area contributed by atoms with Crippen molar-refractivity contribution in [2.75, 3.05) is 39.4 Å². The lowest BCUT2D eigenvalue weighted by molar-refractivity contribution is -0.128. The number of hydrogen-bond acceptors (Lipinski definition) is 4. The zero-order valence-corrected chi connectivity index (χ0v) is 16.4. The smallest absolute Gasteiger partial charge is 0.257 e. The van der Waals surface area contributed by atoms with Crippen LogP contribution in [0.5, 0.6) is 0 Å². The Kier molecular flexibility index (Phi) is 5.01. The fraction of sp³-hybridized carbons (Fsp3) is 0.714. The molecule has 3 aliphatic rings. The Morgan fingerprint density at radius 2 is 1.96 bits per heavy atom. The third-order valence-corrected chi connectivity index (χ3v) is 6.76. The predicted octanol–water partition coefficient (Wildman–Crippen LogP) is 2.72. The lowest BCUT2D eigenvalue weighted by Crippen LogP contribution is -2.47. The lowest BCUT2D eigenvalue weighted by atomic mass is 9.71. The highest BCUT2D eigenvalue weighted by Gasteiger charge is 2.49. The SMILES string of the molecule is CC(=O)N1CC(COCC2CC2)C2(CCN(C(=O)c3ccoc3C)CC2)C1. The monoisotopic (exact) mass is 374 g/mol. The normalized spacial score (nSPS) is 24.6. The van der Waals surface area contributed by atoms with Gasteiger partial charge < -0.3 is 19.0 Å². The second-order valence-electron chi connectivity index (χ2n) is 8.62. The van der Waals surface area contributed by atoms with E-state index in [1.54, 1.807) is 19.3 Å². The van der Waals surface area contributed by atoms with Crippen molar-refractivity contribution in [3.63, 3.8) is 0 Å². The fourth-order valence-corrected chi connectivity index (χ4v) is 4.66. The van der Waals surface area contributed by atoms with E-state index in [2.05, 4.69) is 0 Å². The van der Waals surface area contributed by atoms with Crippen LogP contribution < -0.4 is 0 Å². The molecule has 0 bridgehead atoms. The highest BCUT2D eigenvalue weighted by Crippen LogP contribution is 2.45. The quantitative estimate of drug-likeness (QED) is 0.795. The number of likely N-dealkylation sites (tertiary alicyclic amines) is 2. The van der Waals surface area contributed by atoms with Gasteiger partial charge in [0.15, 0.2) is 0 Å². The number of carbonyl (C=O) groups is 2. The standard InChI is InChI=1S/C21H30N2O4/c1-15-19(5-10-27-15)20(25)22-8-6-21(7-9-22)14-23(16(2)24)11-18(21)13-26-12-17-3-4-17/h5,10,17-18H,3-4,6-9,11-14H2,1-2H3. The van der Waals surface area contributed by atoms with E-state index >= 15 is 0 Å². The van der Waals surface area contributed by atoms with Crippen molar-refractivity contribution in [3.05, 3.63) is 23.7 Å². The van der Waals surface area contributed by atoms with Crippen LogP contribution in [0.2, 0.25) is 0 Å². The van der Waals surface area contributed by atoms with Crippen molar-refractivity contribution >= 4 is 11.8 Å². The minimum atomic E-state index is 0.0547. The molecule has 1 unspecified atom stereocenters. The van der Waals surface area contributed by atoms with Gasteiger partial charge in [-0.25, -0.2) is 0 Å². The topological polar surface area (TPSA) is 63.0 Å². The number of ether oxygens (including phenoxy) is 1. The summed E-state index contributed by atoms with van der Waals surface area (Å²) in [5, 5.41) is 0. The molecule has 1 aliphatic carbocycles. The molecule has 1 atom stereocenters. The molecule has 2 aliphatic heterocycles. The highest BCUT2D eigenvalue weighted by atomic mass is 16.5. The molecular weight excluding hydrogens is 344 g/mol. The van der Waals surface area contributed by atoms with E-state index in [1.807, 2.05) is 16.7 Å². The van der Waals surface area contributed by atoms with Crippen LogP contribution >= 0.6 is 0 Å². The molecule has 3 fully saturated rings. The number of rotatable bonds is 5. The Balaban J connectivity index is 1.40. The van der Waals surface area contributed by atoms with Crippen molar-refractivity contribution in [1.82, 2.24) is 9.80 Å². The van der Waals surface area contributed by atoms with E-state index in [0.29, 0.717) is 17.2 Å². The molecule has 4 rings (SSSR count). The summed E-state index contributed by atoms with van der Waals surface area (Å²) in [6.07, 6.45) is 6.01. The summed E-state index contributed by atoms with van der Waals surface area (Å²) in [6, 6.07) is 1.75. The van der Waals surface area contributed by atoms with Gasteiger partial charge in [0, 0.05) is 45.6 Å². The van der Waals surface area contributed by atoms with Gasteiger partial charge in [0.2, 0.25) is 5.91 Å². The average molecular weight is 374 g/mol. The molecule has 3 heterocycles. The molecule has 1 aromatic heterocycles. The zero-order chi connectivity index (χ0) is 19.0. The summed E-state index contributed by atoms with van der Waals surface area (Å²) in [5.41, 5.74) is 0.740. The fourth-order valence-electron chi connectivity index (χ4n) is 4.66. The van der Waals surface area contributed by atoms with Crippen molar-refractivity contribution in [1.29, 1.82) is 0 Å². The van der Waals surface area contributed by atoms with Gasteiger partial charge in [-0.05, 0) is 50.0 Å². The number of furan rings is 1. The lowest BCUT2D eigenvalue weighted by Gasteiger charge is -2.42. The second-order valence-corrected chi connectivity index (χ2v) is 8.62. The minimum Gasteiger partial charge on any atom is -0.469 e. The van der Waals surface area contributed by atoms with Gasteiger partial charge in [0.05, 0.1) is 18.4 Å². The van der Waals surface area contributed by atoms with Gasteiger partial charge in [-0.2, -0.15) is 0 Å². The first-order valence-electron chi connectivity index (χ1n) is 10.2. The van der Waals surface area contributed by atoms with Gasteiger partial charge in [-0.3, -0.25) is 9.59 Å². The van der Waals surface area contributed by atoms with Crippen molar-refractivity contribution in [3.8, 4) is 0 Å². The van der Waals surface area contributed by atoms with E-state index in [4.69, 9.17) is 9.15 Å². The Bertz CT molecular complexity index is 701. The zero-order valence-electron chi connectivity index (χ0n) is 16.4. The van der Waals surface area contributed by atoms with Gasteiger partial charge >= 0.3 is 0 Å². The third kappa shape index (κ3) is 3.77. The van der Waals surface area contributed by atoms with Crippen LogP contribution in [0.25, 0.3) is 0 Å². The molecule has 1 spiro atoms. The molecule has 0 radical (unpaired) electrons. The summed E-state index contributed by atoms with van der Waals surface area (Å²) in [4.78, 5) is 28.7. The molecule has 2 saturated heterocycles. The molecule has 1 saturated carbocycles. The summed E-state index contributed by atoms with van der Waals surface area (Å²) in [7, 11) is 0. The summed E-state index contributed by atoms with van der Waals surface area (Å²) in [6.45, 7) is 8.12. The number of carbonyl (C=O) groups excluding carboxylic acids is 2. The molecule has 0 N–H and O–H groups in total. The molecule has 0 aromatic carbocycles. The molecule has 6 nitrogen and oxygen atoms in total. The van der Waals surface area contributed by atoms with Crippen LogP contribution in [-0.2, 0) is 9.53 Å². The minimum absolute atomic E-state index is 0.0547. The number of piperidine rings is 1. The van der Waals surface area contributed by atoms with Crippen molar-refractivity contribution in [2.45, 2.75) is 39.5 Å². The molecule has 6 heteroatoms. The van der Waals surface area contributed by atoms with Crippen LogP contribution in [0.4, 0.5) is 0 Å². The Labute approximate surface area is 160 Å². The summed E-state index contributed by atoms with van der Waals surface area (Å²) in [5.74, 6) is 2.00. The summed E-state index contributed by atoms with van der Waals surface area (Å²) < 4.78 is 11.3. The van der Waals surface area contributed by atoms with E-state index in [9.17, 15) is 9.59 Å². The third-order valence-electron chi connectivity index (χ3n) is 6.76. The van der Waals surface area contributed by atoms with E-state index in [-0.39, 0.29) is 17.2 Å². The molecule has 27 heavy (non-hydrogen) atoms. The number of aryl methyl sites for hydroxylation is 1. The Morgan fingerprint density at radius 1 is 1.22 bits per heavy atom. The Morgan fingerprint density at radius 3 is 2.56 bits per heavy atom. The second kappa shape index (κ2) is 7.30. The predicted molar refractivity (Wildman–Crippen MR) is 100 cm³/mol. The van der Waals surface area contributed by atoms with Crippen LogP contribution in [0, 0.1) is 24.2 Å². The molecule has 1 aromatic rings. The van der Waals surface area contributed by atoms with Crippen molar-refractivity contribution in [2.24, 2.45) is 17.3 Å². The highest BCUT2D eigenvalue weighted by molar-refractivity contribution is 5.95. The van der Waals surface area contributed by atoms with Gasteiger partial charge in [0.1, 0.15) is 5.76 Å². The average Bonchev–Trinajstić information content (AvgIpc) is 3.27. The van der Waals surface area contributed by atoms with E-state index in [1.165, 1.54) is 12.8 Å². The van der Waals surface area contributed by atoms with Crippen LogP contribution in [0.1, 0.15) is 48.7 Å². The molecule has 2 amide bonds. The maximum atomic E-state index is 12.8. The maximum Gasteiger partial charge on any atom is 0.257 e. The first-order chi connectivity index (χ1) is 13.0. The first-order valence-corrected chi connectivity index (χ1v) is 10.2. The van der Waals surface area contributed by atoms with Crippen LogP contribution in [0.3, 0.4) is 0 Å². The summed E-state index contributed by atoms with van der Waals surface area (Å²) >= 11 is 0. The van der Waals surface area contributed by atoms with Gasteiger partial charge in [-0.15, -0.1) is 0 Å². The Hall–Kier alpha value is -1.82. The first kappa shape index (κ1) is 18.5. The van der Waals surface area contributed by atoms with E-state index < -0.39 is 0 Å². The van der Waals surface area contributed by atoms with Crippen molar-refractivity contribution < 1.29 is 18.7 Å². The number of hydrogen-bond donors (Lipinski definition) is 0. The van der Waals surface area contributed by atoms with Gasteiger partial charge in [0.25, 0.3) is 5.91 Å². The molecular formula is C21H30N2O4. The molecule has 148 valence electrons. The largest absolute Gasteiger partial charge is 0.469 e. The number of nitrogens with zero attached hydrogens (tertiary/aromatic N) is 2. The van der Waals surface area contributed by atoms with Crippen LogP contribution in [-0.4, -0.2) is 61.0 Å². The van der Waals surface area contributed by atoms with Gasteiger partial charge in [-0.1, -0.05) is 0 Å². The number of amides is 2.